The number of nitrogens with two attached hydrogens (primary N) is 1. The summed E-state index contributed by atoms with van der Waals surface area (Å²) in [6, 6.07) is 21.9. The van der Waals surface area contributed by atoms with Crippen LogP contribution in [0.15, 0.2) is 79.0 Å². The zero-order valence-corrected chi connectivity index (χ0v) is 19.8. The molecule has 182 valence electrons. The van der Waals surface area contributed by atoms with Gasteiger partial charge in [-0.25, -0.2) is 9.78 Å². The number of aromatic nitrogens is 2. The molecule has 1 heterocycles. The Morgan fingerprint density at radius 3 is 2.42 bits per heavy atom. The molecule has 0 saturated heterocycles. The number of ether oxygens (including phenoxy) is 1. The number of nitrogens with one attached hydrogen (secondary N) is 1. The molecule has 4 aromatic rings. The molecule has 0 radical (unpaired) electrons. The molecular formula is C28H26N4O4. The number of hydrogen-bond donors (Lipinski definition) is 3. The molecule has 8 heteroatoms. The summed E-state index contributed by atoms with van der Waals surface area (Å²) in [5, 5.41) is 16.9. The fourth-order valence-electron chi connectivity index (χ4n) is 3.86. The van der Waals surface area contributed by atoms with Gasteiger partial charge in [0.1, 0.15) is 18.3 Å². The Labute approximate surface area is 208 Å². The van der Waals surface area contributed by atoms with Gasteiger partial charge in [0, 0.05) is 36.4 Å². The molecule has 0 unspecified atom stereocenters. The number of esters is 1. The molecule has 1 aromatic heterocycles. The molecule has 0 saturated carbocycles. The van der Waals surface area contributed by atoms with Crippen molar-refractivity contribution >= 4 is 17.8 Å². The van der Waals surface area contributed by atoms with Crippen LogP contribution < -0.4 is 5.73 Å². The first-order valence-corrected chi connectivity index (χ1v) is 11.4. The van der Waals surface area contributed by atoms with Gasteiger partial charge in [-0.3, -0.25) is 10.2 Å². The Morgan fingerprint density at radius 1 is 1.03 bits per heavy atom. The van der Waals surface area contributed by atoms with E-state index in [0.717, 1.165) is 16.7 Å². The number of carbonyl (C=O) groups is 2. The van der Waals surface area contributed by atoms with E-state index in [9.17, 15) is 9.59 Å². The number of carboxylic acids is 1. The first kappa shape index (κ1) is 24.4. The van der Waals surface area contributed by atoms with Crippen molar-refractivity contribution in [1.29, 1.82) is 5.41 Å². The first-order valence-electron chi connectivity index (χ1n) is 11.4. The first-order chi connectivity index (χ1) is 17.3. The zero-order chi connectivity index (χ0) is 25.7. The van der Waals surface area contributed by atoms with Gasteiger partial charge in [0.25, 0.3) is 0 Å². The Hall–Kier alpha value is -4.72. The summed E-state index contributed by atoms with van der Waals surface area (Å²) < 4.78 is 7.28. The number of amidine groups is 1. The SMILES string of the molecule is Cn1cc(-c2ccc(C(=O)OCc3ccccc3)cc2C(=N)N)nc1-c1ccc(CCC(=O)O)cc1. The van der Waals surface area contributed by atoms with Gasteiger partial charge in [-0.05, 0) is 29.7 Å². The van der Waals surface area contributed by atoms with Crippen molar-refractivity contribution in [3.05, 3.63) is 101 Å². The number of nitrogens with zero attached hydrogens (tertiary/aromatic N) is 2. The van der Waals surface area contributed by atoms with E-state index in [1.165, 1.54) is 0 Å². The van der Waals surface area contributed by atoms with Crippen molar-refractivity contribution in [3.63, 3.8) is 0 Å². The molecule has 3 aromatic carbocycles. The van der Waals surface area contributed by atoms with Crippen molar-refractivity contribution in [2.24, 2.45) is 12.8 Å². The second kappa shape index (κ2) is 10.7. The molecule has 0 aliphatic rings. The average Bonchev–Trinajstić information content (AvgIpc) is 3.27. The van der Waals surface area contributed by atoms with Crippen molar-refractivity contribution < 1.29 is 19.4 Å². The molecule has 0 atom stereocenters. The third kappa shape index (κ3) is 5.67. The van der Waals surface area contributed by atoms with E-state index >= 15 is 0 Å². The van der Waals surface area contributed by atoms with Crippen LogP contribution in [0.2, 0.25) is 0 Å². The van der Waals surface area contributed by atoms with Crippen molar-refractivity contribution in [1.82, 2.24) is 9.55 Å². The molecule has 0 fully saturated rings. The van der Waals surface area contributed by atoms with Gasteiger partial charge in [0.2, 0.25) is 0 Å². The normalized spacial score (nSPS) is 10.7. The molecule has 8 nitrogen and oxygen atoms in total. The van der Waals surface area contributed by atoms with Crippen LogP contribution in [-0.4, -0.2) is 32.4 Å². The van der Waals surface area contributed by atoms with E-state index in [1.807, 2.05) is 72.4 Å². The van der Waals surface area contributed by atoms with Crippen LogP contribution in [0.4, 0.5) is 0 Å². The predicted molar refractivity (Wildman–Crippen MR) is 137 cm³/mol. The Balaban J connectivity index is 1.57. The number of carbonyl (C=O) groups excluding carboxylic acids is 1. The number of aliphatic carboxylic acids is 1. The minimum Gasteiger partial charge on any atom is -0.481 e. The van der Waals surface area contributed by atoms with E-state index in [2.05, 4.69) is 0 Å². The summed E-state index contributed by atoms with van der Waals surface area (Å²) in [4.78, 5) is 28.2. The van der Waals surface area contributed by atoms with Crippen LogP contribution in [0, 0.1) is 5.41 Å². The molecule has 0 amide bonds. The van der Waals surface area contributed by atoms with Gasteiger partial charge in [-0.1, -0.05) is 60.7 Å². The fraction of sp³-hybridized carbons (Fsp3) is 0.143. The van der Waals surface area contributed by atoms with Crippen molar-refractivity contribution in [2.45, 2.75) is 19.4 Å². The second-order valence-corrected chi connectivity index (χ2v) is 8.39. The number of hydrogen-bond acceptors (Lipinski definition) is 5. The number of rotatable bonds is 9. The van der Waals surface area contributed by atoms with Gasteiger partial charge < -0.3 is 20.1 Å². The number of aryl methyl sites for hydroxylation is 2. The lowest BCUT2D eigenvalue weighted by atomic mass is 10.0. The minimum atomic E-state index is -0.829. The lowest BCUT2D eigenvalue weighted by Gasteiger charge is -2.10. The van der Waals surface area contributed by atoms with E-state index in [0.29, 0.717) is 34.6 Å². The van der Waals surface area contributed by atoms with Gasteiger partial charge in [-0.2, -0.15) is 0 Å². The van der Waals surface area contributed by atoms with Crippen LogP contribution in [0.5, 0.6) is 0 Å². The quantitative estimate of drug-likeness (QED) is 0.184. The fourth-order valence-corrected chi connectivity index (χ4v) is 3.86. The van der Waals surface area contributed by atoms with Crippen molar-refractivity contribution in [3.8, 4) is 22.6 Å². The van der Waals surface area contributed by atoms with Gasteiger partial charge in [-0.15, -0.1) is 0 Å². The monoisotopic (exact) mass is 482 g/mol. The average molecular weight is 483 g/mol. The molecule has 4 N–H and O–H groups in total. The van der Waals surface area contributed by atoms with Gasteiger partial charge >= 0.3 is 11.9 Å². The topological polar surface area (TPSA) is 131 Å². The lowest BCUT2D eigenvalue weighted by Crippen LogP contribution is -2.14. The van der Waals surface area contributed by atoms with Crippen LogP contribution in [0.25, 0.3) is 22.6 Å². The summed E-state index contributed by atoms with van der Waals surface area (Å²) in [6.45, 7) is 0.148. The Morgan fingerprint density at radius 2 is 1.75 bits per heavy atom. The van der Waals surface area contributed by atoms with Gasteiger partial charge in [0.05, 0.1) is 11.3 Å². The molecule has 0 spiro atoms. The maximum Gasteiger partial charge on any atom is 0.338 e. The third-order valence-electron chi connectivity index (χ3n) is 5.75. The lowest BCUT2D eigenvalue weighted by molar-refractivity contribution is -0.136. The summed E-state index contributed by atoms with van der Waals surface area (Å²) in [6.07, 6.45) is 2.38. The van der Waals surface area contributed by atoms with Crippen molar-refractivity contribution in [2.75, 3.05) is 0 Å². The molecule has 4 rings (SSSR count). The summed E-state index contributed by atoms with van der Waals surface area (Å²) >= 11 is 0. The highest BCUT2D eigenvalue weighted by atomic mass is 16.5. The molecule has 0 bridgehead atoms. The smallest absolute Gasteiger partial charge is 0.338 e. The number of nitrogen functional groups attached to an aromatic ring is 1. The third-order valence-corrected chi connectivity index (χ3v) is 5.75. The van der Waals surface area contributed by atoms with Crippen LogP contribution in [0.3, 0.4) is 0 Å². The minimum absolute atomic E-state index is 0.0789. The Bertz CT molecular complexity index is 1410. The maximum absolute atomic E-state index is 12.6. The van der Waals surface area contributed by atoms with Crippen LogP contribution in [0.1, 0.15) is 33.5 Å². The summed E-state index contributed by atoms with van der Waals surface area (Å²) in [7, 11) is 1.87. The number of carboxylic acid groups (broad SMARTS) is 1. The van der Waals surface area contributed by atoms with Gasteiger partial charge in [0.15, 0.2) is 0 Å². The van der Waals surface area contributed by atoms with E-state index < -0.39 is 11.9 Å². The van der Waals surface area contributed by atoms with E-state index in [4.69, 9.17) is 26.0 Å². The zero-order valence-electron chi connectivity index (χ0n) is 19.8. The Kier molecular flexibility index (Phi) is 7.25. The molecular weight excluding hydrogens is 456 g/mol. The van der Waals surface area contributed by atoms with E-state index in [1.54, 1.807) is 18.2 Å². The predicted octanol–water partition coefficient (Wildman–Crippen LogP) is 4.41. The largest absolute Gasteiger partial charge is 0.481 e. The molecule has 0 aliphatic heterocycles. The highest BCUT2D eigenvalue weighted by Gasteiger charge is 2.17. The maximum atomic E-state index is 12.6. The molecule has 36 heavy (non-hydrogen) atoms. The summed E-state index contributed by atoms with van der Waals surface area (Å²) in [5.41, 5.74) is 10.5. The standard InChI is InChI=1S/C28H26N4O4/c1-32-16-24(31-27(32)20-10-7-18(8-11-20)9-14-25(33)34)22-13-12-21(15-23(22)26(29)30)28(35)36-17-19-5-3-2-4-6-19/h2-8,10-13,15-16H,9,14,17H2,1H3,(H3,29,30)(H,33,34). The second-order valence-electron chi connectivity index (χ2n) is 8.39. The molecule has 0 aliphatic carbocycles. The summed E-state index contributed by atoms with van der Waals surface area (Å²) in [5.74, 6) is -0.810. The highest BCUT2D eigenvalue weighted by Crippen LogP contribution is 2.28. The van der Waals surface area contributed by atoms with Crippen LogP contribution in [-0.2, 0) is 29.6 Å². The highest BCUT2D eigenvalue weighted by molar-refractivity contribution is 6.03. The number of imidazole rings is 1. The number of benzene rings is 3. The van der Waals surface area contributed by atoms with E-state index in [-0.39, 0.29) is 18.9 Å². The van der Waals surface area contributed by atoms with Crippen LogP contribution >= 0.6 is 0 Å².